The van der Waals surface area contributed by atoms with Gasteiger partial charge in [-0.1, -0.05) is 20.8 Å². The number of methoxy groups -OCH3 is 1. The molecule has 0 spiro atoms. The van der Waals surface area contributed by atoms with E-state index in [1.165, 1.54) is 12.0 Å². The van der Waals surface area contributed by atoms with Gasteiger partial charge in [-0.05, 0) is 45.4 Å². The molecule has 5 unspecified atom stereocenters. The number of hydrogen-bond donors (Lipinski definition) is 3. The lowest BCUT2D eigenvalue weighted by molar-refractivity contribution is -0.145. The number of rotatable bonds is 15. The normalized spacial score (nSPS) is 20.1. The molecule has 0 radical (unpaired) electrons. The molecule has 1 heterocycles. The third-order valence-corrected chi connectivity index (χ3v) is 6.01. The fraction of sp³-hybridized carbons (Fsp3) is 0.826. The highest BCUT2D eigenvalue weighted by Crippen LogP contribution is 2.18. The van der Waals surface area contributed by atoms with Crippen LogP contribution in [0.1, 0.15) is 73.1 Å². The zero-order valence-electron chi connectivity index (χ0n) is 20.5. The zero-order valence-corrected chi connectivity index (χ0v) is 20.5. The molecule has 0 aromatic carbocycles. The second-order valence-electron chi connectivity index (χ2n) is 8.93. The molecule has 0 saturated carbocycles. The van der Waals surface area contributed by atoms with Crippen molar-refractivity contribution in [1.29, 1.82) is 0 Å². The molecule has 3 amide bonds. The number of hydrogen-bond acceptors (Lipinski definition) is 7. The third kappa shape index (κ3) is 9.24. The summed E-state index contributed by atoms with van der Waals surface area (Å²) in [4.78, 5) is 50.3. The minimum Gasteiger partial charge on any atom is -0.468 e. The van der Waals surface area contributed by atoms with Crippen LogP contribution in [0.4, 0.5) is 0 Å². The Balaban J connectivity index is 2.37. The zero-order chi connectivity index (χ0) is 24.3. The van der Waals surface area contributed by atoms with Gasteiger partial charge in [-0.15, -0.1) is 0 Å². The van der Waals surface area contributed by atoms with Crippen LogP contribution in [0, 0.1) is 5.92 Å². The van der Waals surface area contributed by atoms with Crippen LogP contribution in [0.5, 0.6) is 0 Å². The number of likely N-dealkylation sites (tertiary alicyclic amines) is 1. The predicted octanol–water partition coefficient (Wildman–Crippen LogP) is 1.35. The summed E-state index contributed by atoms with van der Waals surface area (Å²) in [6.07, 6.45) is 3.47. The number of amides is 3. The highest BCUT2D eigenvalue weighted by atomic mass is 16.5. The van der Waals surface area contributed by atoms with E-state index in [1.807, 2.05) is 34.6 Å². The Morgan fingerprint density at radius 1 is 1.12 bits per heavy atom. The van der Waals surface area contributed by atoms with Gasteiger partial charge in [0.1, 0.15) is 6.04 Å². The lowest BCUT2D eigenvalue weighted by atomic mass is 10.0. The molecule has 0 aromatic heterocycles. The van der Waals surface area contributed by atoms with Gasteiger partial charge in [0.15, 0.2) is 0 Å². The van der Waals surface area contributed by atoms with Crippen LogP contribution in [0.3, 0.4) is 0 Å². The van der Waals surface area contributed by atoms with Crippen molar-refractivity contribution in [2.45, 2.75) is 97.3 Å². The number of carbonyl (C=O) groups excluding carboxylic acids is 4. The van der Waals surface area contributed by atoms with Gasteiger partial charge in [0.25, 0.3) is 0 Å². The molecule has 32 heavy (non-hydrogen) atoms. The first-order valence-electron chi connectivity index (χ1n) is 11.8. The van der Waals surface area contributed by atoms with Gasteiger partial charge in [0.05, 0.1) is 26.0 Å². The van der Waals surface area contributed by atoms with Crippen LogP contribution in [-0.2, 0) is 23.9 Å². The van der Waals surface area contributed by atoms with E-state index < -0.39 is 18.1 Å². The Kier molecular flexibility index (Phi) is 12.4. The van der Waals surface area contributed by atoms with Crippen molar-refractivity contribution in [2.24, 2.45) is 5.92 Å². The first-order chi connectivity index (χ1) is 15.1. The average Bonchev–Trinajstić information content (AvgIpc) is 3.02. The van der Waals surface area contributed by atoms with Crippen LogP contribution in [-0.4, -0.2) is 73.0 Å². The molecule has 9 heteroatoms. The Hall–Kier alpha value is -2.00. The highest BCUT2D eigenvalue weighted by Gasteiger charge is 2.39. The largest absolute Gasteiger partial charge is 0.468 e. The lowest BCUT2D eigenvalue weighted by Gasteiger charge is -2.21. The van der Waals surface area contributed by atoms with Crippen molar-refractivity contribution in [1.82, 2.24) is 20.9 Å². The van der Waals surface area contributed by atoms with Crippen LogP contribution >= 0.6 is 0 Å². The van der Waals surface area contributed by atoms with E-state index in [9.17, 15) is 19.2 Å². The summed E-state index contributed by atoms with van der Waals surface area (Å²) >= 11 is 0. The molecule has 1 aliphatic heterocycles. The van der Waals surface area contributed by atoms with Crippen LogP contribution in [0.25, 0.3) is 0 Å². The van der Waals surface area contributed by atoms with Crippen molar-refractivity contribution in [3.63, 3.8) is 0 Å². The number of carbonyl (C=O) groups is 4. The fourth-order valence-electron chi connectivity index (χ4n) is 3.62. The Bertz CT molecular complexity index is 642. The Morgan fingerprint density at radius 3 is 2.38 bits per heavy atom. The van der Waals surface area contributed by atoms with E-state index in [0.29, 0.717) is 13.1 Å². The second kappa shape index (κ2) is 14.2. The molecular formula is C23H42N4O5. The van der Waals surface area contributed by atoms with Gasteiger partial charge < -0.3 is 20.7 Å². The summed E-state index contributed by atoms with van der Waals surface area (Å²) in [5, 5.41) is 9.18. The molecule has 5 atom stereocenters. The molecule has 1 saturated heterocycles. The molecule has 0 aromatic rings. The van der Waals surface area contributed by atoms with Gasteiger partial charge in [0.2, 0.25) is 17.7 Å². The molecule has 0 bridgehead atoms. The predicted molar refractivity (Wildman–Crippen MR) is 123 cm³/mol. The second-order valence-corrected chi connectivity index (χ2v) is 8.93. The number of imide groups is 1. The van der Waals surface area contributed by atoms with Gasteiger partial charge in [-0.2, -0.15) is 0 Å². The van der Waals surface area contributed by atoms with Crippen molar-refractivity contribution in [2.75, 3.05) is 20.2 Å². The van der Waals surface area contributed by atoms with Crippen molar-refractivity contribution in [3.05, 3.63) is 0 Å². The molecule has 9 nitrogen and oxygen atoms in total. The lowest BCUT2D eigenvalue weighted by Crippen LogP contribution is -2.45. The first-order valence-corrected chi connectivity index (χ1v) is 11.8. The molecule has 1 aliphatic rings. The van der Waals surface area contributed by atoms with E-state index in [1.54, 1.807) is 0 Å². The third-order valence-electron chi connectivity index (χ3n) is 6.01. The summed E-state index contributed by atoms with van der Waals surface area (Å²) in [5.41, 5.74) is 0. The van der Waals surface area contributed by atoms with Crippen LogP contribution in [0.2, 0.25) is 0 Å². The summed E-state index contributed by atoms with van der Waals surface area (Å²) in [6.45, 7) is 10.9. The number of nitrogens with zero attached hydrogens (tertiary/aromatic N) is 1. The fourth-order valence-corrected chi connectivity index (χ4v) is 3.62. The number of nitrogens with one attached hydrogen (secondary N) is 3. The summed E-state index contributed by atoms with van der Waals surface area (Å²) in [7, 11) is 1.31. The maximum Gasteiger partial charge on any atom is 0.323 e. The summed E-state index contributed by atoms with van der Waals surface area (Å²) in [5.74, 6) is -0.795. The van der Waals surface area contributed by atoms with Gasteiger partial charge in [0, 0.05) is 25.2 Å². The van der Waals surface area contributed by atoms with Crippen molar-refractivity contribution in [3.8, 4) is 0 Å². The highest BCUT2D eigenvalue weighted by molar-refractivity contribution is 6.05. The van der Waals surface area contributed by atoms with Crippen LogP contribution in [0.15, 0.2) is 0 Å². The quantitative estimate of drug-likeness (QED) is 0.194. The minimum absolute atomic E-state index is 0.0217. The first kappa shape index (κ1) is 28.0. The van der Waals surface area contributed by atoms with Gasteiger partial charge >= 0.3 is 5.97 Å². The number of ether oxygens (including phenoxy) is 1. The molecule has 1 fully saturated rings. The Morgan fingerprint density at radius 2 is 1.78 bits per heavy atom. The molecular weight excluding hydrogens is 412 g/mol. The van der Waals surface area contributed by atoms with Crippen LogP contribution < -0.4 is 16.0 Å². The van der Waals surface area contributed by atoms with Crippen molar-refractivity contribution >= 4 is 23.7 Å². The topological polar surface area (TPSA) is 117 Å². The standard InChI is InChI=1S/C23H42N4O5/c1-7-16(4)25-18-13-21(29)27(22(18)30)14-15(3)10-9-11-24-20(28)12-19(23(31)32-6)26-17(5)8-2/h15-19,25-26H,7-14H2,1-6H3,(H,24,28). The average molecular weight is 455 g/mol. The van der Waals surface area contributed by atoms with Crippen molar-refractivity contribution < 1.29 is 23.9 Å². The van der Waals surface area contributed by atoms with E-state index in [4.69, 9.17) is 4.74 Å². The molecule has 3 N–H and O–H groups in total. The minimum atomic E-state index is -0.668. The summed E-state index contributed by atoms with van der Waals surface area (Å²) < 4.78 is 4.79. The maximum absolute atomic E-state index is 12.5. The number of esters is 1. The SMILES string of the molecule is CCC(C)NC(CC(=O)NCCCC(C)CN1C(=O)CC(NC(C)CC)C1=O)C(=O)OC. The van der Waals surface area contributed by atoms with Gasteiger partial charge in [-0.3, -0.25) is 24.1 Å². The summed E-state index contributed by atoms with van der Waals surface area (Å²) in [6, 6.07) is -0.797. The van der Waals surface area contributed by atoms with E-state index in [-0.39, 0.29) is 48.6 Å². The molecule has 1 rings (SSSR count). The van der Waals surface area contributed by atoms with E-state index >= 15 is 0 Å². The molecule has 184 valence electrons. The van der Waals surface area contributed by atoms with E-state index in [0.717, 1.165) is 25.7 Å². The molecule has 0 aliphatic carbocycles. The Labute approximate surface area is 192 Å². The monoisotopic (exact) mass is 454 g/mol. The van der Waals surface area contributed by atoms with Gasteiger partial charge in [-0.25, -0.2) is 0 Å². The maximum atomic E-state index is 12.5. The van der Waals surface area contributed by atoms with E-state index in [2.05, 4.69) is 16.0 Å². The smallest absolute Gasteiger partial charge is 0.323 e.